The average Bonchev–Trinajstić information content (AvgIpc) is 3.19. The Morgan fingerprint density at radius 1 is 1.25 bits per heavy atom. The minimum absolute atomic E-state index is 0.0143. The standard InChI is InChI=1S/C17H21N3O3S/c1-11(21)19-7-6-12-8-13(4-5-14(12)19)16(22)20-10-24-9-15(20)17(23)18(2)3/h4-5,8,15H,6-7,9-10H2,1-3H3/t15-/m1/s1. The summed E-state index contributed by atoms with van der Waals surface area (Å²) in [7, 11) is 3.42. The van der Waals surface area contributed by atoms with Gasteiger partial charge in [-0.15, -0.1) is 11.8 Å². The number of amides is 3. The molecule has 0 aromatic heterocycles. The van der Waals surface area contributed by atoms with E-state index < -0.39 is 6.04 Å². The van der Waals surface area contributed by atoms with E-state index in [1.807, 2.05) is 12.1 Å². The van der Waals surface area contributed by atoms with Crippen molar-refractivity contribution in [3.63, 3.8) is 0 Å². The zero-order chi connectivity index (χ0) is 17.4. The van der Waals surface area contributed by atoms with Crippen LogP contribution in [0.4, 0.5) is 5.69 Å². The maximum absolute atomic E-state index is 12.9. The van der Waals surface area contributed by atoms with Crippen LogP contribution in [0.2, 0.25) is 0 Å². The molecule has 7 heteroatoms. The molecule has 6 nitrogen and oxygen atoms in total. The third-order valence-corrected chi connectivity index (χ3v) is 5.48. The highest BCUT2D eigenvalue weighted by Crippen LogP contribution is 2.30. The van der Waals surface area contributed by atoms with Gasteiger partial charge in [-0.2, -0.15) is 0 Å². The van der Waals surface area contributed by atoms with E-state index in [4.69, 9.17) is 0 Å². The summed E-state index contributed by atoms with van der Waals surface area (Å²) in [6, 6.07) is 5.05. The van der Waals surface area contributed by atoms with Gasteiger partial charge in [0.2, 0.25) is 11.8 Å². The summed E-state index contributed by atoms with van der Waals surface area (Å²) in [5.74, 6) is 1.01. The first-order chi connectivity index (χ1) is 11.4. The molecule has 3 rings (SSSR count). The molecule has 128 valence electrons. The van der Waals surface area contributed by atoms with E-state index in [9.17, 15) is 14.4 Å². The van der Waals surface area contributed by atoms with Gasteiger partial charge >= 0.3 is 0 Å². The zero-order valence-electron chi connectivity index (χ0n) is 14.1. The zero-order valence-corrected chi connectivity index (χ0v) is 14.9. The number of hydrogen-bond acceptors (Lipinski definition) is 4. The van der Waals surface area contributed by atoms with Crippen LogP contribution in [0.25, 0.3) is 0 Å². The highest BCUT2D eigenvalue weighted by atomic mass is 32.2. The Balaban J connectivity index is 1.83. The smallest absolute Gasteiger partial charge is 0.255 e. The maximum atomic E-state index is 12.9. The number of nitrogens with zero attached hydrogens (tertiary/aromatic N) is 3. The summed E-state index contributed by atoms with van der Waals surface area (Å²) in [6.07, 6.45) is 0.755. The SMILES string of the molecule is CC(=O)N1CCc2cc(C(=O)N3CSC[C@@H]3C(=O)N(C)C)ccc21. The predicted octanol–water partition coefficient (Wildman–Crippen LogP) is 1.20. The molecule has 2 aliphatic heterocycles. The Morgan fingerprint density at radius 2 is 2.00 bits per heavy atom. The molecule has 0 bridgehead atoms. The second-order valence-electron chi connectivity index (χ2n) is 6.29. The molecule has 1 aromatic carbocycles. The van der Waals surface area contributed by atoms with Gasteiger partial charge in [0.15, 0.2) is 0 Å². The van der Waals surface area contributed by atoms with Gasteiger partial charge in [-0.3, -0.25) is 14.4 Å². The molecular weight excluding hydrogens is 326 g/mol. The quantitative estimate of drug-likeness (QED) is 0.807. The number of likely N-dealkylation sites (N-methyl/N-ethyl adjacent to an activating group) is 1. The minimum Gasteiger partial charge on any atom is -0.347 e. The molecule has 1 atom stereocenters. The van der Waals surface area contributed by atoms with E-state index >= 15 is 0 Å². The van der Waals surface area contributed by atoms with Crippen molar-refractivity contribution in [2.75, 3.05) is 37.2 Å². The molecule has 0 unspecified atom stereocenters. The van der Waals surface area contributed by atoms with E-state index in [0.29, 0.717) is 23.7 Å². The molecule has 1 aromatic rings. The molecular formula is C17H21N3O3S. The third-order valence-electron chi connectivity index (χ3n) is 4.47. The van der Waals surface area contributed by atoms with Gasteiger partial charge in [0.05, 0.1) is 5.88 Å². The van der Waals surface area contributed by atoms with Crippen LogP contribution < -0.4 is 4.90 Å². The molecule has 1 fully saturated rings. The first kappa shape index (κ1) is 16.8. The number of carbonyl (C=O) groups is 3. The number of rotatable bonds is 2. The summed E-state index contributed by atoms with van der Waals surface area (Å²) >= 11 is 1.59. The fourth-order valence-corrected chi connectivity index (χ4v) is 4.32. The van der Waals surface area contributed by atoms with Crippen LogP contribution in [0.15, 0.2) is 18.2 Å². The van der Waals surface area contributed by atoms with Crippen LogP contribution >= 0.6 is 11.8 Å². The largest absolute Gasteiger partial charge is 0.347 e. The predicted molar refractivity (Wildman–Crippen MR) is 94.1 cm³/mol. The van der Waals surface area contributed by atoms with Crippen molar-refractivity contribution < 1.29 is 14.4 Å². The number of fused-ring (bicyclic) bond motifs is 1. The van der Waals surface area contributed by atoms with Crippen LogP contribution in [0.1, 0.15) is 22.8 Å². The molecule has 0 saturated carbocycles. The Bertz CT molecular complexity index is 704. The first-order valence-electron chi connectivity index (χ1n) is 7.91. The molecule has 2 aliphatic rings. The van der Waals surface area contributed by atoms with E-state index in [1.54, 1.807) is 48.6 Å². The Morgan fingerprint density at radius 3 is 2.67 bits per heavy atom. The lowest BCUT2D eigenvalue weighted by molar-refractivity contribution is -0.132. The molecule has 1 saturated heterocycles. The maximum Gasteiger partial charge on any atom is 0.255 e. The monoisotopic (exact) mass is 347 g/mol. The lowest BCUT2D eigenvalue weighted by Crippen LogP contribution is -2.46. The van der Waals surface area contributed by atoms with Crippen molar-refractivity contribution in [3.05, 3.63) is 29.3 Å². The fourth-order valence-electron chi connectivity index (χ4n) is 3.17. The van der Waals surface area contributed by atoms with Crippen molar-refractivity contribution in [2.45, 2.75) is 19.4 Å². The molecule has 2 heterocycles. The molecule has 0 N–H and O–H groups in total. The van der Waals surface area contributed by atoms with Crippen molar-refractivity contribution >= 4 is 35.2 Å². The van der Waals surface area contributed by atoms with Crippen LogP contribution in [-0.4, -0.2) is 65.8 Å². The number of carbonyl (C=O) groups excluding carboxylic acids is 3. The second kappa shape index (κ2) is 6.47. The topological polar surface area (TPSA) is 60.9 Å². The van der Waals surface area contributed by atoms with Crippen molar-refractivity contribution in [1.29, 1.82) is 0 Å². The van der Waals surface area contributed by atoms with Crippen LogP contribution in [-0.2, 0) is 16.0 Å². The summed E-state index contributed by atoms with van der Waals surface area (Å²) in [6.45, 7) is 2.21. The van der Waals surface area contributed by atoms with E-state index in [1.165, 1.54) is 4.90 Å². The van der Waals surface area contributed by atoms with Gasteiger partial charge in [-0.1, -0.05) is 0 Å². The fraction of sp³-hybridized carbons (Fsp3) is 0.471. The number of benzene rings is 1. The summed E-state index contributed by atoms with van der Waals surface area (Å²) in [5, 5.41) is 0. The van der Waals surface area contributed by atoms with Gasteiger partial charge in [0.1, 0.15) is 6.04 Å². The average molecular weight is 347 g/mol. The van der Waals surface area contributed by atoms with E-state index in [2.05, 4.69) is 0 Å². The normalized spacial score (nSPS) is 19.4. The van der Waals surface area contributed by atoms with Crippen LogP contribution in [0.3, 0.4) is 0 Å². The Kier molecular flexibility index (Phi) is 4.54. The first-order valence-corrected chi connectivity index (χ1v) is 9.06. The van der Waals surface area contributed by atoms with E-state index in [0.717, 1.165) is 17.7 Å². The van der Waals surface area contributed by atoms with Crippen LogP contribution in [0, 0.1) is 0 Å². The van der Waals surface area contributed by atoms with Gasteiger partial charge < -0.3 is 14.7 Å². The highest BCUT2D eigenvalue weighted by Gasteiger charge is 2.36. The van der Waals surface area contributed by atoms with Crippen molar-refractivity contribution in [3.8, 4) is 0 Å². The molecule has 0 spiro atoms. The highest BCUT2D eigenvalue weighted by molar-refractivity contribution is 7.99. The molecule has 24 heavy (non-hydrogen) atoms. The number of thioether (sulfide) groups is 1. The summed E-state index contributed by atoms with van der Waals surface area (Å²) in [4.78, 5) is 41.7. The van der Waals surface area contributed by atoms with Gasteiger partial charge in [0, 0.05) is 44.6 Å². The van der Waals surface area contributed by atoms with Gasteiger partial charge in [-0.05, 0) is 30.2 Å². The Labute approximate surface area is 145 Å². The number of hydrogen-bond donors (Lipinski definition) is 0. The van der Waals surface area contributed by atoms with Crippen LogP contribution in [0.5, 0.6) is 0 Å². The molecule has 3 amide bonds. The summed E-state index contributed by atoms with van der Waals surface area (Å²) in [5.41, 5.74) is 2.48. The Hall–Kier alpha value is -2.02. The minimum atomic E-state index is -0.403. The van der Waals surface area contributed by atoms with Crippen molar-refractivity contribution in [2.24, 2.45) is 0 Å². The second-order valence-corrected chi connectivity index (χ2v) is 7.29. The van der Waals surface area contributed by atoms with Gasteiger partial charge in [0.25, 0.3) is 5.91 Å². The van der Waals surface area contributed by atoms with Gasteiger partial charge in [-0.25, -0.2) is 0 Å². The van der Waals surface area contributed by atoms with E-state index in [-0.39, 0.29) is 17.7 Å². The molecule has 0 aliphatic carbocycles. The lowest BCUT2D eigenvalue weighted by atomic mass is 10.1. The summed E-state index contributed by atoms with van der Waals surface area (Å²) < 4.78 is 0. The third kappa shape index (κ3) is 2.88. The number of anilines is 1. The molecule has 0 radical (unpaired) electrons. The van der Waals surface area contributed by atoms with Crippen molar-refractivity contribution in [1.82, 2.24) is 9.80 Å². The lowest BCUT2D eigenvalue weighted by Gasteiger charge is -2.25.